The van der Waals surface area contributed by atoms with Gasteiger partial charge >= 0.3 is 0 Å². The fourth-order valence-electron chi connectivity index (χ4n) is 7.97. The van der Waals surface area contributed by atoms with Crippen molar-refractivity contribution < 1.29 is 0 Å². The van der Waals surface area contributed by atoms with Crippen LogP contribution < -0.4 is 21.1 Å². The maximum Gasteiger partial charge on any atom is 0.197 e. The summed E-state index contributed by atoms with van der Waals surface area (Å²) < 4.78 is 0. The third kappa shape index (κ3) is 4.63. The van der Waals surface area contributed by atoms with Gasteiger partial charge in [0.1, 0.15) is 0 Å². The van der Waals surface area contributed by atoms with E-state index in [-0.39, 0.29) is 10.8 Å². The smallest absolute Gasteiger partial charge is 0.197 e. The number of hydrogen-bond acceptors (Lipinski definition) is 2. The quantitative estimate of drug-likeness (QED) is 0.200. The van der Waals surface area contributed by atoms with Crippen molar-refractivity contribution >= 4 is 46.6 Å². The zero-order valence-corrected chi connectivity index (χ0v) is 28.1. The van der Waals surface area contributed by atoms with Crippen LogP contribution in [0.3, 0.4) is 0 Å². The van der Waals surface area contributed by atoms with Crippen molar-refractivity contribution in [3.63, 3.8) is 0 Å². The molecule has 1 aliphatic heterocycles. The van der Waals surface area contributed by atoms with E-state index < -0.39 is 0 Å². The Labute approximate surface area is 280 Å². The van der Waals surface area contributed by atoms with Gasteiger partial charge < -0.3 is 10.2 Å². The lowest BCUT2D eigenvalue weighted by molar-refractivity contribution is 0.521. The average Bonchev–Trinajstić information content (AvgIpc) is 3.07. The summed E-state index contributed by atoms with van der Waals surface area (Å²) in [5.74, 6) is 0. The Hall–Kier alpha value is -5.02. The molecule has 0 unspecified atom stereocenters. The van der Waals surface area contributed by atoms with Gasteiger partial charge in [0.25, 0.3) is 0 Å². The Balaban J connectivity index is 1.42. The van der Waals surface area contributed by atoms with Crippen molar-refractivity contribution in [1.82, 2.24) is 0 Å². The number of rotatable bonds is 4. The van der Waals surface area contributed by atoms with Gasteiger partial charge in [0.05, 0.1) is 0 Å². The van der Waals surface area contributed by atoms with Gasteiger partial charge in [-0.05, 0) is 101 Å². The van der Waals surface area contributed by atoms with E-state index in [1.165, 1.54) is 66.8 Å². The van der Waals surface area contributed by atoms with Crippen LogP contribution in [0.25, 0.3) is 11.1 Å². The van der Waals surface area contributed by atoms with Crippen molar-refractivity contribution in [1.29, 1.82) is 0 Å². The van der Waals surface area contributed by atoms with Crippen LogP contribution in [0.4, 0.5) is 28.4 Å². The van der Waals surface area contributed by atoms with E-state index in [1.807, 2.05) is 0 Å². The highest BCUT2D eigenvalue weighted by molar-refractivity contribution is 6.73. The number of nitrogens with one attached hydrogen (secondary N) is 1. The maximum atomic E-state index is 3.94. The molecular formula is C44H40BN2. The normalized spacial score (nSPS) is 15.1. The minimum absolute atomic E-state index is 0.149. The zero-order valence-electron chi connectivity index (χ0n) is 28.1. The third-order valence-electron chi connectivity index (χ3n) is 10.5. The molecule has 1 radical (unpaired) electrons. The highest BCUT2D eigenvalue weighted by atomic mass is 15.1. The Morgan fingerprint density at radius 2 is 1.15 bits per heavy atom. The van der Waals surface area contributed by atoms with Gasteiger partial charge in [-0.2, -0.15) is 0 Å². The van der Waals surface area contributed by atoms with Crippen molar-refractivity contribution in [2.75, 3.05) is 10.2 Å². The molecule has 0 atom stereocenters. The lowest BCUT2D eigenvalue weighted by Gasteiger charge is -2.44. The zero-order chi connectivity index (χ0) is 32.5. The lowest BCUT2D eigenvalue weighted by atomic mass is 9.57. The molecule has 229 valence electrons. The molecule has 0 spiro atoms. The van der Waals surface area contributed by atoms with E-state index in [1.54, 1.807) is 0 Å². The first-order chi connectivity index (χ1) is 22.6. The number of nitrogens with zero attached hydrogens (tertiary/aromatic N) is 1. The summed E-state index contributed by atoms with van der Waals surface area (Å²) in [6, 6.07) is 46.8. The molecule has 0 saturated carbocycles. The molecule has 3 heteroatoms. The molecule has 6 aromatic carbocycles. The first kappa shape index (κ1) is 29.4. The fraction of sp³-hybridized carbons (Fsp3) is 0.182. The molecule has 0 bridgehead atoms. The average molecular weight is 608 g/mol. The minimum Gasteiger partial charge on any atom is -0.355 e. The van der Waals surface area contributed by atoms with Crippen LogP contribution in [0.1, 0.15) is 61.1 Å². The van der Waals surface area contributed by atoms with E-state index in [9.17, 15) is 0 Å². The molecule has 0 saturated heterocycles. The van der Waals surface area contributed by atoms with E-state index >= 15 is 0 Å². The summed E-state index contributed by atoms with van der Waals surface area (Å²) in [5.41, 5.74) is 18.5. The minimum atomic E-state index is -0.159. The van der Waals surface area contributed by atoms with Crippen molar-refractivity contribution in [2.24, 2.45) is 0 Å². The van der Waals surface area contributed by atoms with Crippen molar-refractivity contribution in [3.05, 3.63) is 161 Å². The maximum absolute atomic E-state index is 3.94. The molecule has 1 aliphatic carbocycles. The van der Waals surface area contributed by atoms with Gasteiger partial charge in [-0.3, -0.25) is 0 Å². The predicted octanol–water partition coefficient (Wildman–Crippen LogP) is 10.1. The number of hydrogen-bond donors (Lipinski definition) is 1. The second-order valence-electron chi connectivity index (χ2n) is 14.3. The Morgan fingerprint density at radius 1 is 0.532 bits per heavy atom. The first-order valence-corrected chi connectivity index (χ1v) is 16.7. The van der Waals surface area contributed by atoms with E-state index in [4.69, 9.17) is 0 Å². The van der Waals surface area contributed by atoms with Crippen LogP contribution in [0.5, 0.6) is 0 Å². The summed E-state index contributed by atoms with van der Waals surface area (Å²) in [5, 5.41) is 3.94. The second kappa shape index (κ2) is 10.8. The standard InChI is InChI=1S/C44H40BN2/c1-28-24-32(42-41(25-28)47(30-17-8-7-9-18-30)40-23-15-13-21-37(40)45-42)31-26-35-36(27-39(31)46-38-22-14-10-16-29(38)2)44(5,6)34-20-12-11-19-33(34)43(35,3)4/h7-27,46H,1-6H3. The van der Waals surface area contributed by atoms with Crippen molar-refractivity contribution in [3.8, 4) is 11.1 Å². The van der Waals surface area contributed by atoms with Gasteiger partial charge in [-0.15, -0.1) is 0 Å². The van der Waals surface area contributed by atoms with E-state index in [0.717, 1.165) is 17.1 Å². The number of anilines is 5. The number of para-hydroxylation sites is 3. The summed E-state index contributed by atoms with van der Waals surface area (Å²) in [7, 11) is 2.39. The first-order valence-electron chi connectivity index (χ1n) is 16.7. The van der Waals surface area contributed by atoms with E-state index in [2.05, 4.69) is 186 Å². The fourth-order valence-corrected chi connectivity index (χ4v) is 7.97. The molecule has 47 heavy (non-hydrogen) atoms. The van der Waals surface area contributed by atoms with Gasteiger partial charge in [0.15, 0.2) is 7.28 Å². The van der Waals surface area contributed by atoms with Crippen LogP contribution >= 0.6 is 0 Å². The number of benzene rings is 6. The Morgan fingerprint density at radius 3 is 1.87 bits per heavy atom. The molecule has 1 heterocycles. The van der Waals surface area contributed by atoms with Gasteiger partial charge in [0.2, 0.25) is 0 Å². The van der Waals surface area contributed by atoms with Gasteiger partial charge in [-0.1, -0.05) is 118 Å². The summed E-state index contributed by atoms with van der Waals surface area (Å²) in [4.78, 5) is 2.43. The summed E-state index contributed by atoms with van der Waals surface area (Å²) in [6.45, 7) is 14.0. The van der Waals surface area contributed by atoms with Crippen LogP contribution in [0, 0.1) is 13.8 Å². The molecular weight excluding hydrogens is 567 g/mol. The van der Waals surface area contributed by atoms with Crippen LogP contribution in [-0.2, 0) is 10.8 Å². The molecule has 0 amide bonds. The SMILES string of the molecule is Cc1cc(-c2cc3c(cc2Nc2ccccc2C)C(C)(C)c2ccccc2C3(C)C)c2c(c1)N(c1ccccc1)c1ccccc1[B]2. The second-order valence-corrected chi connectivity index (χ2v) is 14.3. The highest BCUT2D eigenvalue weighted by Gasteiger charge is 2.42. The molecule has 8 rings (SSSR count). The summed E-state index contributed by atoms with van der Waals surface area (Å²) >= 11 is 0. The lowest BCUT2D eigenvalue weighted by Crippen LogP contribution is -2.41. The van der Waals surface area contributed by atoms with E-state index in [0.29, 0.717) is 0 Å². The third-order valence-corrected chi connectivity index (χ3v) is 10.5. The van der Waals surface area contributed by atoms with Crippen LogP contribution in [-0.4, -0.2) is 7.28 Å². The van der Waals surface area contributed by atoms with Crippen LogP contribution in [0.15, 0.2) is 127 Å². The topological polar surface area (TPSA) is 15.3 Å². The number of fused-ring (bicyclic) bond motifs is 4. The monoisotopic (exact) mass is 607 g/mol. The molecule has 6 aromatic rings. The molecule has 0 aromatic heterocycles. The largest absolute Gasteiger partial charge is 0.355 e. The Bertz CT molecular complexity index is 2180. The molecule has 1 N–H and O–H groups in total. The van der Waals surface area contributed by atoms with Gasteiger partial charge in [-0.25, -0.2) is 0 Å². The van der Waals surface area contributed by atoms with Crippen molar-refractivity contribution in [2.45, 2.75) is 52.4 Å². The number of aryl methyl sites for hydroxylation is 2. The molecule has 0 fully saturated rings. The Kier molecular flexibility index (Phi) is 6.74. The molecule has 2 aliphatic rings. The predicted molar refractivity (Wildman–Crippen MR) is 201 cm³/mol. The van der Waals surface area contributed by atoms with Gasteiger partial charge in [0, 0.05) is 44.8 Å². The highest BCUT2D eigenvalue weighted by Crippen LogP contribution is 2.52. The summed E-state index contributed by atoms with van der Waals surface area (Å²) in [6.07, 6.45) is 0. The van der Waals surface area contributed by atoms with Crippen LogP contribution in [0.2, 0.25) is 0 Å². The molecule has 2 nitrogen and oxygen atoms in total.